The van der Waals surface area contributed by atoms with Crippen molar-refractivity contribution in [3.63, 3.8) is 0 Å². The minimum absolute atomic E-state index is 0.165. The van der Waals surface area contributed by atoms with Crippen molar-refractivity contribution in [1.29, 1.82) is 0 Å². The molecule has 1 aliphatic rings. The van der Waals surface area contributed by atoms with Crippen molar-refractivity contribution in [3.05, 3.63) is 93.7 Å². The summed E-state index contributed by atoms with van der Waals surface area (Å²) in [6.45, 7) is 0. The van der Waals surface area contributed by atoms with Gasteiger partial charge in [-0.15, -0.1) is 0 Å². The lowest BCUT2D eigenvalue weighted by atomic mass is 9.84. The molecule has 0 spiro atoms. The van der Waals surface area contributed by atoms with Crippen LogP contribution in [0.4, 0.5) is 0 Å². The van der Waals surface area contributed by atoms with Crippen molar-refractivity contribution in [2.75, 3.05) is 12.9 Å². The van der Waals surface area contributed by atoms with Crippen LogP contribution in [0.15, 0.2) is 70.7 Å². The van der Waals surface area contributed by atoms with Crippen LogP contribution in [0.5, 0.6) is 5.75 Å². The van der Waals surface area contributed by atoms with Crippen LogP contribution in [0.1, 0.15) is 27.2 Å². The number of rotatable bonds is 6. The first-order chi connectivity index (χ1) is 14.5. The Morgan fingerprint density at radius 1 is 1.23 bits per heavy atom. The molecule has 4 rings (SSSR count). The van der Waals surface area contributed by atoms with Gasteiger partial charge in [-0.05, 0) is 28.8 Å². The second-order valence-corrected chi connectivity index (χ2v) is 7.92. The number of methoxy groups -OCH3 is 1. The summed E-state index contributed by atoms with van der Waals surface area (Å²) in [5, 5.41) is 0.532. The van der Waals surface area contributed by atoms with Gasteiger partial charge < -0.3 is 15.5 Å². The molecular formula is C22H20N4O3S. The molecule has 0 bridgehead atoms. The second kappa shape index (κ2) is 8.16. The zero-order chi connectivity index (χ0) is 21.1. The molecule has 1 aromatic heterocycles. The maximum Gasteiger partial charge on any atom is 0.266 e. The van der Waals surface area contributed by atoms with Gasteiger partial charge >= 0.3 is 0 Å². The Morgan fingerprint density at radius 2 is 2.03 bits per heavy atom. The van der Waals surface area contributed by atoms with E-state index in [4.69, 9.17) is 15.5 Å². The van der Waals surface area contributed by atoms with E-state index in [-0.39, 0.29) is 23.5 Å². The normalized spacial score (nSPS) is 18.1. The highest BCUT2D eigenvalue weighted by molar-refractivity contribution is 8.14. The molecule has 1 unspecified atom stereocenters. The fourth-order valence-corrected chi connectivity index (χ4v) is 4.44. The zero-order valence-corrected chi connectivity index (χ0v) is 17.1. The first-order valence-corrected chi connectivity index (χ1v) is 10.3. The topological polar surface area (TPSA) is 110 Å². The Labute approximate surface area is 177 Å². The third kappa shape index (κ3) is 3.86. The monoisotopic (exact) mass is 420 g/mol. The predicted octanol–water partition coefficient (Wildman–Crippen LogP) is 2.51. The molecule has 30 heavy (non-hydrogen) atoms. The lowest BCUT2D eigenvalue weighted by Crippen LogP contribution is -2.26. The van der Waals surface area contributed by atoms with E-state index in [1.165, 1.54) is 18.0 Å². The molecule has 1 atom stereocenters. The van der Waals surface area contributed by atoms with Crippen LogP contribution in [0.3, 0.4) is 0 Å². The predicted molar refractivity (Wildman–Crippen MR) is 117 cm³/mol. The summed E-state index contributed by atoms with van der Waals surface area (Å²) >= 11 is 1.51. The number of aliphatic imine (C=N–C) groups is 1. The molecule has 0 aliphatic carbocycles. The van der Waals surface area contributed by atoms with E-state index in [1.807, 2.05) is 48.5 Å². The summed E-state index contributed by atoms with van der Waals surface area (Å²) < 4.78 is 5.27. The number of benzene rings is 2. The smallest absolute Gasteiger partial charge is 0.266 e. The van der Waals surface area contributed by atoms with E-state index in [2.05, 4.69) is 9.97 Å². The number of H-pyrrole nitrogens is 1. The minimum atomic E-state index is -0.629. The van der Waals surface area contributed by atoms with Crippen molar-refractivity contribution >= 4 is 22.7 Å². The van der Waals surface area contributed by atoms with E-state index in [0.717, 1.165) is 28.6 Å². The van der Waals surface area contributed by atoms with Gasteiger partial charge in [-0.25, -0.2) is 9.98 Å². The van der Waals surface area contributed by atoms with Crippen LogP contribution in [-0.4, -0.2) is 33.8 Å². The number of nitrogens with zero attached hydrogens (tertiary/aromatic N) is 2. The molecule has 2 heterocycles. The number of carbonyl (C=O) groups is 1. The molecule has 2 aromatic carbocycles. The summed E-state index contributed by atoms with van der Waals surface area (Å²) in [6, 6.07) is 15.6. The Morgan fingerprint density at radius 3 is 2.67 bits per heavy atom. The van der Waals surface area contributed by atoms with Gasteiger partial charge in [0.25, 0.3) is 5.56 Å². The lowest BCUT2D eigenvalue weighted by molar-refractivity contribution is 0.0987. The fraction of sp³-hybridized carbons (Fsp3) is 0.182. The van der Waals surface area contributed by atoms with Crippen LogP contribution in [-0.2, 0) is 12.0 Å². The number of hydrogen-bond acceptors (Lipinski definition) is 7. The van der Waals surface area contributed by atoms with Gasteiger partial charge in [0.1, 0.15) is 17.0 Å². The number of ketones is 1. The fourth-order valence-electron chi connectivity index (χ4n) is 3.47. The average molecular weight is 420 g/mol. The quantitative estimate of drug-likeness (QED) is 0.593. The van der Waals surface area contributed by atoms with Crippen molar-refractivity contribution in [2.24, 2.45) is 10.7 Å². The van der Waals surface area contributed by atoms with Gasteiger partial charge in [0.05, 0.1) is 13.3 Å². The van der Waals surface area contributed by atoms with E-state index in [1.54, 1.807) is 7.11 Å². The van der Waals surface area contributed by atoms with Crippen LogP contribution in [0, 0.1) is 0 Å². The summed E-state index contributed by atoms with van der Waals surface area (Å²) in [4.78, 5) is 34.9. The highest BCUT2D eigenvalue weighted by atomic mass is 32.2. The first kappa shape index (κ1) is 19.9. The summed E-state index contributed by atoms with van der Waals surface area (Å²) in [5.41, 5.74) is 8.10. The van der Waals surface area contributed by atoms with Crippen molar-refractivity contribution in [1.82, 2.24) is 9.97 Å². The van der Waals surface area contributed by atoms with Gasteiger partial charge in [0, 0.05) is 18.4 Å². The Balaban J connectivity index is 1.68. The van der Waals surface area contributed by atoms with E-state index in [9.17, 15) is 9.59 Å². The van der Waals surface area contributed by atoms with Gasteiger partial charge in [-0.2, -0.15) is 0 Å². The molecule has 1 aliphatic heterocycles. The molecule has 0 saturated heterocycles. The van der Waals surface area contributed by atoms with E-state index >= 15 is 0 Å². The van der Waals surface area contributed by atoms with Crippen LogP contribution < -0.4 is 16.0 Å². The highest BCUT2D eigenvalue weighted by Gasteiger charge is 2.39. The maximum absolute atomic E-state index is 12.6. The molecule has 8 heteroatoms. The first-order valence-electron chi connectivity index (χ1n) is 9.30. The molecule has 3 aromatic rings. The van der Waals surface area contributed by atoms with Gasteiger partial charge in [-0.3, -0.25) is 9.59 Å². The summed E-state index contributed by atoms with van der Waals surface area (Å²) in [5.74, 6) is 1.26. The standard InChI is InChI=1S/C22H20N4O3S/c1-29-17-7-5-15(6-8-17)22(13-30-21(23)26-22)16-4-2-3-14(9-16)10-19(27)18-11-25-20(28)12-24-18/h2-9,11-12H,10,13H2,1H3,(H2,23,26)(H,25,28). The Kier molecular flexibility index (Phi) is 5.41. The SMILES string of the molecule is COc1ccc(C2(c3cccc(CC(=O)c4c[nH]c(=O)cn4)c3)CSC(N)=N2)cc1. The Hall–Kier alpha value is -3.39. The summed E-state index contributed by atoms with van der Waals surface area (Å²) in [6.07, 6.45) is 2.61. The number of aromatic amines is 1. The highest BCUT2D eigenvalue weighted by Crippen LogP contribution is 2.42. The number of aromatic nitrogens is 2. The van der Waals surface area contributed by atoms with Gasteiger partial charge in [-0.1, -0.05) is 48.2 Å². The number of nitrogens with two attached hydrogens (primary N) is 1. The summed E-state index contributed by atoms with van der Waals surface area (Å²) in [7, 11) is 1.63. The third-order valence-electron chi connectivity index (χ3n) is 5.02. The van der Waals surface area contributed by atoms with E-state index in [0.29, 0.717) is 10.9 Å². The van der Waals surface area contributed by atoms with Crippen LogP contribution in [0.2, 0.25) is 0 Å². The zero-order valence-electron chi connectivity index (χ0n) is 16.3. The molecule has 0 saturated carbocycles. The van der Waals surface area contributed by atoms with Crippen LogP contribution >= 0.6 is 11.8 Å². The molecule has 3 N–H and O–H groups in total. The van der Waals surface area contributed by atoms with Gasteiger partial charge in [0.2, 0.25) is 0 Å². The maximum atomic E-state index is 12.6. The number of nitrogens with one attached hydrogen (secondary N) is 1. The second-order valence-electron chi connectivity index (χ2n) is 6.92. The number of Topliss-reactive ketones (excluding diaryl/α,β-unsaturated/α-hetero) is 1. The van der Waals surface area contributed by atoms with Crippen molar-refractivity contribution in [2.45, 2.75) is 12.0 Å². The molecule has 0 fully saturated rings. The number of ether oxygens (including phenoxy) is 1. The third-order valence-corrected chi connectivity index (χ3v) is 5.97. The average Bonchev–Trinajstić information content (AvgIpc) is 3.17. The lowest BCUT2D eigenvalue weighted by Gasteiger charge is -2.27. The van der Waals surface area contributed by atoms with Gasteiger partial charge in [0.15, 0.2) is 11.0 Å². The molecular weight excluding hydrogens is 400 g/mol. The minimum Gasteiger partial charge on any atom is -0.497 e. The number of carbonyl (C=O) groups excluding carboxylic acids is 1. The largest absolute Gasteiger partial charge is 0.497 e. The van der Waals surface area contributed by atoms with E-state index < -0.39 is 5.54 Å². The molecule has 0 amide bonds. The Bertz CT molecular complexity index is 1150. The number of amidine groups is 1. The molecule has 7 nitrogen and oxygen atoms in total. The molecule has 0 radical (unpaired) electrons. The van der Waals surface area contributed by atoms with Crippen LogP contribution in [0.25, 0.3) is 0 Å². The number of hydrogen-bond donors (Lipinski definition) is 2. The molecule has 152 valence electrons. The van der Waals surface area contributed by atoms with Crippen molar-refractivity contribution < 1.29 is 9.53 Å². The van der Waals surface area contributed by atoms with Crippen molar-refractivity contribution in [3.8, 4) is 5.75 Å². The number of thioether (sulfide) groups is 1.